The molecule has 2 heteroatoms. The summed E-state index contributed by atoms with van der Waals surface area (Å²) in [4.78, 5) is 0. The predicted octanol–water partition coefficient (Wildman–Crippen LogP) is 1.94. The second kappa shape index (κ2) is 1.78. The Kier molecular flexibility index (Phi) is 1.06. The monoisotopic (exact) mass is 139 g/mol. The number of allylic oxidation sites excluding steroid dienone is 4. The molecular formula is C7H8OP+. The fourth-order valence-electron chi connectivity index (χ4n) is 1.28. The first-order valence-corrected chi connectivity index (χ1v) is 4.68. The van der Waals surface area contributed by atoms with Crippen molar-refractivity contribution in [2.24, 2.45) is 5.92 Å². The second-order valence-electron chi connectivity index (χ2n) is 2.52. The quantitative estimate of drug-likeness (QED) is 0.370. The fourth-order valence-corrected chi connectivity index (χ4v) is 2.77. The van der Waals surface area contributed by atoms with Gasteiger partial charge in [0.25, 0.3) is 0 Å². The zero-order chi connectivity index (χ0) is 6.27. The van der Waals surface area contributed by atoms with Crippen molar-refractivity contribution in [1.29, 1.82) is 0 Å². The van der Waals surface area contributed by atoms with Crippen LogP contribution in [0, 0.1) is 5.92 Å². The first-order chi connectivity index (χ1) is 4.36. The molecular weight excluding hydrogens is 131 g/mol. The van der Waals surface area contributed by atoms with E-state index < -0.39 is 7.80 Å². The SMILES string of the molecule is O=[P+]1CC2C=CC1C=C2. The Labute approximate surface area is 55.2 Å². The third kappa shape index (κ3) is 0.764. The van der Waals surface area contributed by atoms with Gasteiger partial charge in [0, 0.05) is 5.92 Å². The molecule has 0 aromatic heterocycles. The van der Waals surface area contributed by atoms with E-state index in [2.05, 4.69) is 24.3 Å². The minimum Gasteiger partial charge on any atom is -0.0737 e. The second-order valence-corrected chi connectivity index (χ2v) is 4.32. The summed E-state index contributed by atoms with van der Waals surface area (Å²) in [5.41, 5.74) is 0.269. The van der Waals surface area contributed by atoms with Gasteiger partial charge in [-0.15, -0.1) is 0 Å². The molecule has 0 N–H and O–H groups in total. The van der Waals surface area contributed by atoms with Crippen LogP contribution in [0.15, 0.2) is 24.3 Å². The maximum absolute atomic E-state index is 11.1. The summed E-state index contributed by atoms with van der Waals surface area (Å²) < 4.78 is 11.1. The number of fused-ring (bicyclic) bond motifs is 1. The lowest BCUT2D eigenvalue weighted by atomic mass is 10.0. The molecule has 3 aliphatic rings. The summed E-state index contributed by atoms with van der Waals surface area (Å²) in [6.45, 7) is 0. The molecule has 2 heterocycles. The molecule has 1 aliphatic carbocycles. The first kappa shape index (κ1) is 5.37. The third-order valence-electron chi connectivity index (χ3n) is 1.83. The van der Waals surface area contributed by atoms with E-state index in [0.717, 1.165) is 6.16 Å². The van der Waals surface area contributed by atoms with E-state index in [-0.39, 0.29) is 5.66 Å². The Morgan fingerprint density at radius 1 is 1.22 bits per heavy atom. The molecule has 0 spiro atoms. The van der Waals surface area contributed by atoms with Gasteiger partial charge in [-0.05, 0) is 12.2 Å². The Bertz CT molecular complexity index is 191. The van der Waals surface area contributed by atoms with Gasteiger partial charge >= 0.3 is 7.80 Å². The van der Waals surface area contributed by atoms with Crippen molar-refractivity contribution in [1.82, 2.24) is 0 Å². The molecule has 0 radical (unpaired) electrons. The van der Waals surface area contributed by atoms with Crippen LogP contribution in [0.2, 0.25) is 0 Å². The summed E-state index contributed by atoms with van der Waals surface area (Å²) in [7, 11) is -0.929. The summed E-state index contributed by atoms with van der Waals surface area (Å²) in [5, 5.41) is 0. The van der Waals surface area contributed by atoms with E-state index in [9.17, 15) is 4.57 Å². The van der Waals surface area contributed by atoms with Crippen molar-refractivity contribution in [3.8, 4) is 0 Å². The molecule has 1 nitrogen and oxygen atoms in total. The summed E-state index contributed by atoms with van der Waals surface area (Å²) in [6.07, 6.45) is 9.32. The molecule has 0 aromatic rings. The van der Waals surface area contributed by atoms with Crippen LogP contribution >= 0.6 is 7.80 Å². The molecule has 0 aromatic carbocycles. The Hall–Kier alpha value is -0.420. The zero-order valence-electron chi connectivity index (χ0n) is 5.03. The van der Waals surface area contributed by atoms with Crippen LogP contribution < -0.4 is 0 Å². The lowest BCUT2D eigenvalue weighted by Crippen LogP contribution is -2.14. The molecule has 9 heavy (non-hydrogen) atoms. The maximum Gasteiger partial charge on any atom is 0.351 e. The predicted molar refractivity (Wildman–Crippen MR) is 38.0 cm³/mol. The van der Waals surface area contributed by atoms with E-state index in [1.165, 1.54) is 0 Å². The molecule has 0 saturated heterocycles. The van der Waals surface area contributed by atoms with Crippen molar-refractivity contribution in [3.63, 3.8) is 0 Å². The van der Waals surface area contributed by atoms with Gasteiger partial charge in [-0.2, -0.15) is 0 Å². The fraction of sp³-hybridized carbons (Fsp3) is 0.429. The third-order valence-corrected chi connectivity index (χ3v) is 3.63. The van der Waals surface area contributed by atoms with Crippen LogP contribution in [0.1, 0.15) is 0 Å². The van der Waals surface area contributed by atoms with E-state index in [4.69, 9.17) is 0 Å². The van der Waals surface area contributed by atoms with Gasteiger partial charge in [0.15, 0.2) is 11.8 Å². The highest BCUT2D eigenvalue weighted by molar-refractivity contribution is 7.46. The van der Waals surface area contributed by atoms with Crippen LogP contribution in [0.4, 0.5) is 0 Å². The minimum absolute atomic E-state index is 0.269. The lowest BCUT2D eigenvalue weighted by molar-refractivity contribution is 0.579. The standard InChI is InChI=1S/C7H8OP/c8-9-5-6-1-3-7(9)4-2-6/h1-4,6-7H,5H2/q+1. The Morgan fingerprint density at radius 3 is 2.11 bits per heavy atom. The average Bonchev–Trinajstić information content (AvgIpc) is 1.90. The number of hydrogen-bond acceptors (Lipinski definition) is 1. The van der Waals surface area contributed by atoms with Crippen LogP contribution in [0.3, 0.4) is 0 Å². The van der Waals surface area contributed by atoms with Crippen molar-refractivity contribution in [3.05, 3.63) is 24.3 Å². The largest absolute Gasteiger partial charge is 0.351 e. The summed E-state index contributed by atoms with van der Waals surface area (Å²) in [6, 6.07) is 0. The van der Waals surface area contributed by atoms with Gasteiger partial charge in [0.1, 0.15) is 0 Å². The molecule has 2 aliphatic heterocycles. The van der Waals surface area contributed by atoms with Gasteiger partial charge in [-0.3, -0.25) is 0 Å². The highest BCUT2D eigenvalue weighted by atomic mass is 31.1. The molecule has 1 unspecified atom stereocenters. The van der Waals surface area contributed by atoms with Crippen LogP contribution in [0.5, 0.6) is 0 Å². The molecule has 0 saturated carbocycles. The van der Waals surface area contributed by atoms with Crippen LogP contribution in [-0.2, 0) is 4.57 Å². The molecule has 46 valence electrons. The Morgan fingerprint density at radius 2 is 1.89 bits per heavy atom. The van der Waals surface area contributed by atoms with Gasteiger partial charge in [0.2, 0.25) is 0 Å². The minimum atomic E-state index is -0.929. The molecule has 0 fully saturated rings. The smallest absolute Gasteiger partial charge is 0.0737 e. The maximum atomic E-state index is 11.1. The molecule has 0 amide bonds. The molecule has 1 atom stereocenters. The van der Waals surface area contributed by atoms with Crippen LogP contribution in [-0.4, -0.2) is 11.8 Å². The van der Waals surface area contributed by atoms with E-state index >= 15 is 0 Å². The first-order valence-electron chi connectivity index (χ1n) is 3.17. The van der Waals surface area contributed by atoms with Crippen LogP contribution in [0.25, 0.3) is 0 Å². The van der Waals surface area contributed by atoms with E-state index in [1.807, 2.05) is 0 Å². The van der Waals surface area contributed by atoms with Gasteiger partial charge in [0.05, 0.1) is 0 Å². The van der Waals surface area contributed by atoms with E-state index in [1.54, 1.807) is 0 Å². The van der Waals surface area contributed by atoms with E-state index in [0.29, 0.717) is 5.92 Å². The summed E-state index contributed by atoms with van der Waals surface area (Å²) >= 11 is 0. The van der Waals surface area contributed by atoms with Gasteiger partial charge in [-0.25, -0.2) is 0 Å². The topological polar surface area (TPSA) is 17.1 Å². The van der Waals surface area contributed by atoms with Crippen molar-refractivity contribution >= 4 is 7.80 Å². The van der Waals surface area contributed by atoms with Gasteiger partial charge in [-0.1, -0.05) is 16.7 Å². The molecule has 2 bridgehead atoms. The number of hydrogen-bond donors (Lipinski definition) is 0. The average molecular weight is 139 g/mol. The van der Waals surface area contributed by atoms with Crippen molar-refractivity contribution < 1.29 is 4.57 Å². The Balaban J connectivity index is 2.40. The summed E-state index contributed by atoms with van der Waals surface area (Å²) in [5.74, 6) is 0.485. The molecule has 3 rings (SSSR count). The van der Waals surface area contributed by atoms with Crippen molar-refractivity contribution in [2.45, 2.75) is 5.66 Å². The van der Waals surface area contributed by atoms with Crippen molar-refractivity contribution in [2.75, 3.05) is 6.16 Å². The normalized spacial score (nSPS) is 42.0. The highest BCUT2D eigenvalue weighted by Gasteiger charge is 2.35. The zero-order valence-corrected chi connectivity index (χ0v) is 5.92. The lowest BCUT2D eigenvalue weighted by Gasteiger charge is -2.13. The number of rotatable bonds is 0. The van der Waals surface area contributed by atoms with Gasteiger partial charge < -0.3 is 0 Å². The highest BCUT2D eigenvalue weighted by Crippen LogP contribution is 2.41.